The quantitative estimate of drug-likeness (QED) is 0.833. The highest BCUT2D eigenvalue weighted by Crippen LogP contribution is 2.24. The molecule has 0 aliphatic heterocycles. The predicted molar refractivity (Wildman–Crippen MR) is 91.7 cm³/mol. The number of rotatable bonds is 6. The van der Waals surface area contributed by atoms with Crippen LogP contribution < -0.4 is 14.8 Å². The highest BCUT2D eigenvalue weighted by molar-refractivity contribution is 5.99. The average molecular weight is 382 g/mol. The van der Waals surface area contributed by atoms with Gasteiger partial charge in [-0.15, -0.1) is 13.2 Å². The second-order valence-corrected chi connectivity index (χ2v) is 5.51. The summed E-state index contributed by atoms with van der Waals surface area (Å²) in [7, 11) is 2.97. The summed E-state index contributed by atoms with van der Waals surface area (Å²) < 4.78 is 45.1. The van der Waals surface area contributed by atoms with Gasteiger partial charge in [-0.05, 0) is 48.5 Å². The number of carbonyl (C=O) groups is 2. The molecular formula is C18H17F3N2O4. The van der Waals surface area contributed by atoms with Crippen LogP contribution in [0.2, 0.25) is 0 Å². The zero-order valence-corrected chi connectivity index (χ0v) is 14.5. The first-order chi connectivity index (χ1) is 12.7. The van der Waals surface area contributed by atoms with Crippen molar-refractivity contribution in [2.75, 3.05) is 26.0 Å². The number of benzene rings is 2. The Hall–Kier alpha value is -3.23. The van der Waals surface area contributed by atoms with E-state index in [9.17, 15) is 22.8 Å². The Balaban J connectivity index is 1.91. The van der Waals surface area contributed by atoms with Gasteiger partial charge in [0.05, 0.1) is 13.7 Å². The van der Waals surface area contributed by atoms with E-state index in [1.807, 2.05) is 0 Å². The average Bonchev–Trinajstić information content (AvgIpc) is 2.61. The summed E-state index contributed by atoms with van der Waals surface area (Å²) in [5, 5.41) is 2.50. The fourth-order valence-corrected chi connectivity index (χ4v) is 2.18. The molecule has 0 spiro atoms. The number of likely N-dealkylation sites (N-methyl/N-ethyl adjacent to an activating group) is 1. The van der Waals surface area contributed by atoms with Gasteiger partial charge >= 0.3 is 6.36 Å². The second-order valence-electron chi connectivity index (χ2n) is 5.51. The summed E-state index contributed by atoms with van der Waals surface area (Å²) in [5.41, 5.74) is 0.666. The zero-order valence-electron chi connectivity index (χ0n) is 14.5. The van der Waals surface area contributed by atoms with Crippen molar-refractivity contribution in [2.45, 2.75) is 6.36 Å². The van der Waals surface area contributed by atoms with Crippen LogP contribution in [0.5, 0.6) is 11.5 Å². The summed E-state index contributed by atoms with van der Waals surface area (Å²) in [6.45, 7) is -0.230. The Bertz CT molecular complexity index is 790. The van der Waals surface area contributed by atoms with Gasteiger partial charge in [0.15, 0.2) is 0 Å². The van der Waals surface area contributed by atoms with Gasteiger partial charge in [-0.1, -0.05) is 0 Å². The van der Waals surface area contributed by atoms with Gasteiger partial charge in [0.2, 0.25) is 5.91 Å². The van der Waals surface area contributed by atoms with Crippen LogP contribution in [0.1, 0.15) is 10.4 Å². The summed E-state index contributed by atoms with van der Waals surface area (Å²) in [5.74, 6) is -0.650. The summed E-state index contributed by atoms with van der Waals surface area (Å²) in [6.07, 6.45) is -4.78. The SMILES string of the molecule is COc1ccc(C(=O)N(C)CC(=O)Nc2ccc(OC(F)(F)F)cc2)cc1. The number of ether oxygens (including phenoxy) is 2. The zero-order chi connectivity index (χ0) is 20.0. The lowest BCUT2D eigenvalue weighted by Crippen LogP contribution is -2.34. The molecule has 0 aliphatic rings. The molecule has 27 heavy (non-hydrogen) atoms. The third-order valence-corrected chi connectivity index (χ3v) is 3.44. The van der Waals surface area contributed by atoms with Crippen molar-refractivity contribution in [2.24, 2.45) is 0 Å². The minimum Gasteiger partial charge on any atom is -0.497 e. The molecule has 1 N–H and O–H groups in total. The number of methoxy groups -OCH3 is 1. The second kappa shape index (κ2) is 8.43. The maximum atomic E-state index is 12.3. The van der Waals surface area contributed by atoms with Crippen molar-refractivity contribution in [1.29, 1.82) is 0 Å². The molecule has 144 valence electrons. The van der Waals surface area contributed by atoms with Crippen molar-refractivity contribution in [3.05, 3.63) is 54.1 Å². The first-order valence-corrected chi connectivity index (χ1v) is 7.73. The smallest absolute Gasteiger partial charge is 0.497 e. The van der Waals surface area contributed by atoms with Gasteiger partial charge in [-0.25, -0.2) is 0 Å². The van der Waals surface area contributed by atoms with Gasteiger partial charge in [-0.3, -0.25) is 9.59 Å². The lowest BCUT2D eigenvalue weighted by molar-refractivity contribution is -0.274. The Morgan fingerprint density at radius 3 is 2.07 bits per heavy atom. The van der Waals surface area contributed by atoms with Crippen molar-refractivity contribution < 1.29 is 32.2 Å². The molecule has 2 amide bonds. The number of hydrogen-bond donors (Lipinski definition) is 1. The van der Waals surface area contributed by atoms with E-state index >= 15 is 0 Å². The lowest BCUT2D eigenvalue weighted by Gasteiger charge is -2.17. The van der Waals surface area contributed by atoms with Gasteiger partial charge in [0, 0.05) is 18.3 Å². The standard InChI is InChI=1S/C18H17F3N2O4/c1-23(17(25)12-3-7-14(26-2)8-4-12)11-16(24)22-13-5-9-15(10-6-13)27-18(19,20)21/h3-10H,11H2,1-2H3,(H,22,24). The number of amides is 2. The molecule has 0 saturated heterocycles. The topological polar surface area (TPSA) is 67.9 Å². The Morgan fingerprint density at radius 2 is 1.56 bits per heavy atom. The van der Waals surface area contributed by atoms with Gasteiger partial charge < -0.3 is 19.7 Å². The molecule has 0 unspecified atom stereocenters. The van der Waals surface area contributed by atoms with E-state index in [2.05, 4.69) is 10.1 Å². The van der Waals surface area contributed by atoms with Crippen LogP contribution in [0.25, 0.3) is 0 Å². The maximum Gasteiger partial charge on any atom is 0.573 e. The van der Waals surface area contributed by atoms with E-state index in [0.29, 0.717) is 11.3 Å². The molecule has 0 aromatic heterocycles. The Kier molecular flexibility index (Phi) is 6.27. The molecule has 2 aromatic rings. The largest absolute Gasteiger partial charge is 0.573 e. The van der Waals surface area contributed by atoms with Crippen molar-refractivity contribution in [3.63, 3.8) is 0 Å². The number of carbonyl (C=O) groups excluding carboxylic acids is 2. The Labute approximate surface area is 153 Å². The summed E-state index contributed by atoms with van der Waals surface area (Å²) in [4.78, 5) is 25.5. The molecule has 6 nitrogen and oxygen atoms in total. The predicted octanol–water partition coefficient (Wildman–Crippen LogP) is 3.30. The van der Waals surface area contributed by atoms with E-state index in [4.69, 9.17) is 4.74 Å². The van der Waals surface area contributed by atoms with Crippen LogP contribution in [0.3, 0.4) is 0 Å². The maximum absolute atomic E-state index is 12.3. The molecule has 2 rings (SSSR count). The summed E-state index contributed by atoms with van der Waals surface area (Å²) in [6, 6.07) is 11.1. The molecule has 0 atom stereocenters. The number of halogens is 3. The molecule has 0 aliphatic carbocycles. The highest BCUT2D eigenvalue weighted by atomic mass is 19.4. The van der Waals surface area contributed by atoms with Crippen LogP contribution in [0.15, 0.2) is 48.5 Å². The molecule has 0 fully saturated rings. The van der Waals surface area contributed by atoms with Crippen LogP contribution in [-0.4, -0.2) is 43.8 Å². The van der Waals surface area contributed by atoms with E-state index in [1.165, 1.54) is 31.2 Å². The van der Waals surface area contributed by atoms with Crippen molar-refractivity contribution >= 4 is 17.5 Å². The van der Waals surface area contributed by atoms with Crippen LogP contribution in [-0.2, 0) is 4.79 Å². The molecular weight excluding hydrogens is 365 g/mol. The first-order valence-electron chi connectivity index (χ1n) is 7.73. The Morgan fingerprint density at radius 1 is 1.00 bits per heavy atom. The molecule has 0 heterocycles. The highest BCUT2D eigenvalue weighted by Gasteiger charge is 2.31. The number of hydrogen-bond acceptors (Lipinski definition) is 4. The van der Waals surface area contributed by atoms with E-state index < -0.39 is 18.0 Å². The number of nitrogens with one attached hydrogen (secondary N) is 1. The fraction of sp³-hybridized carbons (Fsp3) is 0.222. The lowest BCUT2D eigenvalue weighted by atomic mass is 10.2. The van der Waals surface area contributed by atoms with Gasteiger partial charge in [0.25, 0.3) is 5.91 Å². The monoisotopic (exact) mass is 382 g/mol. The number of alkyl halides is 3. The van der Waals surface area contributed by atoms with E-state index in [-0.39, 0.29) is 18.1 Å². The third-order valence-electron chi connectivity index (χ3n) is 3.44. The normalized spacial score (nSPS) is 10.9. The van der Waals surface area contributed by atoms with Crippen molar-refractivity contribution in [1.82, 2.24) is 4.90 Å². The van der Waals surface area contributed by atoms with Gasteiger partial charge in [-0.2, -0.15) is 0 Å². The fourth-order valence-electron chi connectivity index (χ4n) is 2.18. The van der Waals surface area contributed by atoms with Gasteiger partial charge in [0.1, 0.15) is 11.5 Å². The minimum atomic E-state index is -4.78. The number of nitrogens with zero attached hydrogens (tertiary/aromatic N) is 1. The third kappa shape index (κ3) is 6.21. The van der Waals surface area contributed by atoms with E-state index in [0.717, 1.165) is 12.1 Å². The first kappa shape index (κ1) is 20.1. The van der Waals surface area contributed by atoms with Crippen LogP contribution in [0.4, 0.5) is 18.9 Å². The van der Waals surface area contributed by atoms with Crippen LogP contribution in [0, 0.1) is 0 Å². The minimum absolute atomic E-state index is 0.230. The van der Waals surface area contributed by atoms with E-state index in [1.54, 1.807) is 24.3 Å². The van der Waals surface area contributed by atoms with Crippen LogP contribution >= 0.6 is 0 Å². The molecule has 0 saturated carbocycles. The molecule has 9 heteroatoms. The molecule has 0 radical (unpaired) electrons. The number of anilines is 1. The summed E-state index contributed by atoms with van der Waals surface area (Å²) >= 11 is 0. The molecule has 2 aromatic carbocycles. The molecule has 0 bridgehead atoms. The van der Waals surface area contributed by atoms with Crippen molar-refractivity contribution in [3.8, 4) is 11.5 Å².